The highest BCUT2D eigenvalue weighted by Crippen LogP contribution is 2.24. The molecule has 1 aromatic carbocycles. The molecule has 3 aromatic rings. The van der Waals surface area contributed by atoms with Crippen LogP contribution in [-0.4, -0.2) is 9.38 Å². The van der Waals surface area contributed by atoms with Gasteiger partial charge < -0.3 is 10.2 Å². The molecule has 0 radical (unpaired) electrons. The Bertz CT molecular complexity index is 595. The molecule has 0 aliphatic carbocycles. The van der Waals surface area contributed by atoms with Crippen LogP contribution in [-0.2, 0) is 0 Å². The average Bonchev–Trinajstić information content (AvgIpc) is 2.83. The van der Waals surface area contributed by atoms with Crippen molar-refractivity contribution in [1.29, 1.82) is 0 Å². The number of fused-ring (bicyclic) bond motifs is 1. The maximum absolute atomic E-state index is 5.64. The van der Waals surface area contributed by atoms with Crippen LogP contribution in [0.4, 0.5) is 5.82 Å². The van der Waals surface area contributed by atoms with E-state index in [0.29, 0.717) is 11.5 Å². The van der Waals surface area contributed by atoms with Crippen molar-refractivity contribution in [3.63, 3.8) is 0 Å². The molecule has 4 nitrogen and oxygen atoms in total. The summed E-state index contributed by atoms with van der Waals surface area (Å²) in [4.78, 5) is 3.94. The molecule has 0 aliphatic heterocycles. The number of oxazole rings is 1. The molecule has 2 heterocycles. The number of benzene rings is 1. The largest absolute Gasteiger partial charge is 0.435 e. The van der Waals surface area contributed by atoms with Crippen molar-refractivity contribution in [3.05, 3.63) is 42.9 Å². The number of anilines is 1. The third kappa shape index (κ3) is 1.19. The van der Waals surface area contributed by atoms with E-state index < -0.39 is 0 Å². The number of aromatic nitrogens is 2. The van der Waals surface area contributed by atoms with Crippen molar-refractivity contribution in [1.82, 2.24) is 9.38 Å². The fraction of sp³-hybridized carbons (Fsp3) is 0. The maximum atomic E-state index is 5.64. The Hall–Kier alpha value is -2.23. The van der Waals surface area contributed by atoms with Crippen LogP contribution in [0.25, 0.3) is 17.0 Å². The SMILES string of the molecule is Nc1ncn2cc(-c3ccccc3)oc12. The Morgan fingerprint density at radius 1 is 1.20 bits per heavy atom. The summed E-state index contributed by atoms with van der Waals surface area (Å²) in [7, 11) is 0. The van der Waals surface area contributed by atoms with Crippen LogP contribution in [0.2, 0.25) is 0 Å². The molecule has 0 saturated heterocycles. The van der Waals surface area contributed by atoms with E-state index in [1.165, 1.54) is 0 Å². The van der Waals surface area contributed by atoms with E-state index >= 15 is 0 Å². The molecule has 4 heteroatoms. The van der Waals surface area contributed by atoms with Crippen LogP contribution in [0.5, 0.6) is 0 Å². The number of nitrogen functional groups attached to an aromatic ring is 1. The van der Waals surface area contributed by atoms with Crippen molar-refractivity contribution < 1.29 is 4.42 Å². The van der Waals surface area contributed by atoms with Crippen LogP contribution < -0.4 is 5.73 Å². The third-order valence-corrected chi connectivity index (χ3v) is 2.30. The highest BCUT2D eigenvalue weighted by Gasteiger charge is 2.08. The van der Waals surface area contributed by atoms with Gasteiger partial charge in [0.1, 0.15) is 6.33 Å². The van der Waals surface area contributed by atoms with Gasteiger partial charge in [-0.25, -0.2) is 4.98 Å². The molecule has 2 N–H and O–H groups in total. The molecule has 74 valence electrons. The molecule has 0 aliphatic rings. The van der Waals surface area contributed by atoms with Gasteiger partial charge in [0, 0.05) is 5.56 Å². The maximum Gasteiger partial charge on any atom is 0.248 e. The molecular weight excluding hydrogens is 190 g/mol. The lowest BCUT2D eigenvalue weighted by Gasteiger charge is -1.92. The van der Waals surface area contributed by atoms with Gasteiger partial charge in [0.2, 0.25) is 5.71 Å². The van der Waals surface area contributed by atoms with Crippen molar-refractivity contribution in [2.24, 2.45) is 0 Å². The molecule has 0 unspecified atom stereocenters. The van der Waals surface area contributed by atoms with Crippen LogP contribution in [0.1, 0.15) is 0 Å². The lowest BCUT2D eigenvalue weighted by Crippen LogP contribution is -1.82. The highest BCUT2D eigenvalue weighted by molar-refractivity contribution is 5.64. The molecule has 0 saturated carbocycles. The number of hydrogen-bond acceptors (Lipinski definition) is 3. The summed E-state index contributed by atoms with van der Waals surface area (Å²) in [5.41, 5.74) is 7.26. The van der Waals surface area contributed by atoms with Gasteiger partial charge in [0.25, 0.3) is 0 Å². The van der Waals surface area contributed by atoms with Gasteiger partial charge in [-0.3, -0.25) is 4.40 Å². The summed E-state index contributed by atoms with van der Waals surface area (Å²) in [5, 5.41) is 0. The molecule has 15 heavy (non-hydrogen) atoms. The van der Waals surface area contributed by atoms with Crippen LogP contribution in [0, 0.1) is 0 Å². The molecule has 0 atom stereocenters. The van der Waals surface area contributed by atoms with Gasteiger partial charge in [-0.05, 0) is 0 Å². The second-order valence-electron chi connectivity index (χ2n) is 3.30. The fourth-order valence-electron chi connectivity index (χ4n) is 1.55. The highest BCUT2D eigenvalue weighted by atomic mass is 16.4. The molecule has 0 fully saturated rings. The normalized spacial score (nSPS) is 10.9. The summed E-state index contributed by atoms with van der Waals surface area (Å²) in [5.74, 6) is 1.21. The Labute approximate surface area is 86.0 Å². The average molecular weight is 199 g/mol. The summed E-state index contributed by atoms with van der Waals surface area (Å²) >= 11 is 0. The lowest BCUT2D eigenvalue weighted by molar-refractivity contribution is 0.624. The van der Waals surface area contributed by atoms with Crippen LogP contribution in [0.3, 0.4) is 0 Å². The van der Waals surface area contributed by atoms with Gasteiger partial charge in [0.05, 0.1) is 6.20 Å². The number of nitrogens with zero attached hydrogens (tertiary/aromatic N) is 2. The zero-order valence-electron chi connectivity index (χ0n) is 7.92. The van der Waals surface area contributed by atoms with E-state index in [0.717, 1.165) is 11.3 Å². The first kappa shape index (κ1) is 8.11. The van der Waals surface area contributed by atoms with Crippen molar-refractivity contribution in [2.45, 2.75) is 0 Å². The van der Waals surface area contributed by atoms with Crippen LogP contribution >= 0.6 is 0 Å². The first-order valence-electron chi connectivity index (χ1n) is 4.62. The van der Waals surface area contributed by atoms with Gasteiger partial charge in [-0.2, -0.15) is 0 Å². The molecule has 2 aromatic heterocycles. The van der Waals surface area contributed by atoms with E-state index in [2.05, 4.69) is 4.98 Å². The van der Waals surface area contributed by atoms with Gasteiger partial charge in [-0.1, -0.05) is 30.3 Å². The second kappa shape index (κ2) is 2.88. The minimum Gasteiger partial charge on any atom is -0.435 e. The third-order valence-electron chi connectivity index (χ3n) is 2.30. The van der Waals surface area contributed by atoms with Crippen molar-refractivity contribution in [2.75, 3.05) is 5.73 Å². The van der Waals surface area contributed by atoms with E-state index in [1.807, 2.05) is 36.5 Å². The molecule has 0 spiro atoms. The van der Waals surface area contributed by atoms with Crippen LogP contribution in [0.15, 0.2) is 47.3 Å². The number of nitrogens with two attached hydrogens (primary N) is 1. The summed E-state index contributed by atoms with van der Waals surface area (Å²) in [6.45, 7) is 0. The fourth-order valence-corrected chi connectivity index (χ4v) is 1.55. The summed E-state index contributed by atoms with van der Waals surface area (Å²) in [6.07, 6.45) is 3.51. The van der Waals surface area contributed by atoms with Gasteiger partial charge in [-0.15, -0.1) is 0 Å². The quantitative estimate of drug-likeness (QED) is 0.653. The second-order valence-corrected chi connectivity index (χ2v) is 3.30. The smallest absolute Gasteiger partial charge is 0.248 e. The lowest BCUT2D eigenvalue weighted by atomic mass is 10.2. The number of rotatable bonds is 1. The van der Waals surface area contributed by atoms with E-state index in [1.54, 1.807) is 10.7 Å². The molecule has 0 bridgehead atoms. The molecule has 3 rings (SSSR count). The first-order chi connectivity index (χ1) is 7.34. The Kier molecular flexibility index (Phi) is 1.56. The number of imidazole rings is 1. The van der Waals surface area contributed by atoms with E-state index in [9.17, 15) is 0 Å². The van der Waals surface area contributed by atoms with E-state index in [4.69, 9.17) is 10.2 Å². The Balaban J connectivity index is 2.20. The van der Waals surface area contributed by atoms with Crippen molar-refractivity contribution in [3.8, 4) is 11.3 Å². The molecular formula is C11H9N3O. The minimum absolute atomic E-state index is 0.414. The zero-order chi connectivity index (χ0) is 10.3. The van der Waals surface area contributed by atoms with Gasteiger partial charge >= 0.3 is 0 Å². The minimum atomic E-state index is 0.414. The number of hydrogen-bond donors (Lipinski definition) is 1. The molecule has 0 amide bonds. The summed E-state index contributed by atoms with van der Waals surface area (Å²) < 4.78 is 7.38. The standard InChI is InChI=1S/C11H9N3O/c12-10-11-14(7-13-10)6-9(15-11)8-4-2-1-3-5-8/h1-7H,12H2. The topological polar surface area (TPSA) is 56.5 Å². The Morgan fingerprint density at radius 2 is 2.00 bits per heavy atom. The van der Waals surface area contributed by atoms with Crippen molar-refractivity contribution >= 4 is 11.5 Å². The predicted molar refractivity (Wildman–Crippen MR) is 57.3 cm³/mol. The van der Waals surface area contributed by atoms with Gasteiger partial charge in [0.15, 0.2) is 11.6 Å². The zero-order valence-corrected chi connectivity index (χ0v) is 7.92. The summed E-state index contributed by atoms with van der Waals surface area (Å²) in [6, 6.07) is 9.88. The predicted octanol–water partition coefficient (Wildman–Crippen LogP) is 2.18. The van der Waals surface area contributed by atoms with E-state index in [-0.39, 0.29) is 0 Å². The first-order valence-corrected chi connectivity index (χ1v) is 4.62. The Morgan fingerprint density at radius 3 is 2.73 bits per heavy atom. The monoisotopic (exact) mass is 199 g/mol.